The van der Waals surface area contributed by atoms with Gasteiger partial charge in [0.2, 0.25) is 5.91 Å². The van der Waals surface area contributed by atoms with E-state index in [9.17, 15) is 9.59 Å². The summed E-state index contributed by atoms with van der Waals surface area (Å²) < 4.78 is 0. The van der Waals surface area contributed by atoms with Crippen molar-refractivity contribution in [2.75, 3.05) is 5.32 Å². The highest BCUT2D eigenvalue weighted by Crippen LogP contribution is 2.30. The first kappa shape index (κ1) is 21.6. The minimum atomic E-state index is -0.153. The Morgan fingerprint density at radius 3 is 2.58 bits per heavy atom. The second kappa shape index (κ2) is 9.66. The average molecular weight is 452 g/mol. The van der Waals surface area contributed by atoms with Crippen LogP contribution in [0.1, 0.15) is 52.4 Å². The predicted octanol–water partition coefficient (Wildman–Crippen LogP) is 5.58. The highest BCUT2D eigenvalue weighted by atomic mass is 32.2. The molecule has 4 rings (SSSR count). The molecule has 2 amide bonds. The highest BCUT2D eigenvalue weighted by Gasteiger charge is 2.29. The van der Waals surface area contributed by atoms with Gasteiger partial charge in [-0.05, 0) is 56.5 Å². The fourth-order valence-electron chi connectivity index (χ4n) is 3.21. The molecular formula is C24H25N3O2S2. The van der Waals surface area contributed by atoms with Crippen LogP contribution in [0.5, 0.6) is 0 Å². The Hall–Kier alpha value is -2.64. The van der Waals surface area contributed by atoms with Crippen molar-refractivity contribution in [2.24, 2.45) is 5.92 Å². The van der Waals surface area contributed by atoms with Gasteiger partial charge in [-0.15, -0.1) is 23.1 Å². The van der Waals surface area contributed by atoms with E-state index in [1.54, 1.807) is 23.1 Å². The second-order valence-electron chi connectivity index (χ2n) is 7.72. The fraction of sp³-hybridized carbons (Fsp3) is 0.292. The minimum Gasteiger partial charge on any atom is -0.345 e. The lowest BCUT2D eigenvalue weighted by Crippen LogP contribution is -2.27. The van der Waals surface area contributed by atoms with E-state index in [-0.39, 0.29) is 23.8 Å². The number of nitrogens with one attached hydrogen (secondary N) is 2. The molecule has 0 saturated heterocycles. The molecule has 1 aliphatic carbocycles. The third-order valence-corrected chi connectivity index (χ3v) is 7.08. The van der Waals surface area contributed by atoms with Gasteiger partial charge in [-0.25, -0.2) is 4.98 Å². The number of hydrogen-bond donors (Lipinski definition) is 2. The van der Waals surface area contributed by atoms with Crippen LogP contribution < -0.4 is 10.6 Å². The minimum absolute atomic E-state index is 0.0935. The molecule has 1 saturated carbocycles. The van der Waals surface area contributed by atoms with E-state index in [0.29, 0.717) is 5.56 Å². The average Bonchev–Trinajstić information content (AvgIpc) is 3.54. The summed E-state index contributed by atoms with van der Waals surface area (Å²) >= 11 is 3.26. The lowest BCUT2D eigenvalue weighted by atomic mass is 10.1. The topological polar surface area (TPSA) is 71.1 Å². The molecule has 1 fully saturated rings. The van der Waals surface area contributed by atoms with Crippen LogP contribution in [0.3, 0.4) is 0 Å². The van der Waals surface area contributed by atoms with Crippen molar-refractivity contribution in [3.05, 3.63) is 75.7 Å². The van der Waals surface area contributed by atoms with Gasteiger partial charge in [0.15, 0.2) is 0 Å². The molecule has 0 bridgehead atoms. The van der Waals surface area contributed by atoms with Gasteiger partial charge < -0.3 is 10.6 Å². The first-order chi connectivity index (χ1) is 15.0. The Morgan fingerprint density at radius 2 is 1.90 bits per heavy atom. The number of anilines is 1. The summed E-state index contributed by atoms with van der Waals surface area (Å²) in [6.45, 7) is 3.96. The summed E-state index contributed by atoms with van der Waals surface area (Å²) in [5.74, 6) is 0.903. The molecular weight excluding hydrogens is 426 g/mol. The van der Waals surface area contributed by atoms with Crippen LogP contribution >= 0.6 is 23.1 Å². The van der Waals surface area contributed by atoms with Gasteiger partial charge >= 0.3 is 0 Å². The molecule has 1 aromatic heterocycles. The van der Waals surface area contributed by atoms with Crippen LogP contribution in [0.25, 0.3) is 0 Å². The molecule has 0 spiro atoms. The van der Waals surface area contributed by atoms with Crippen LogP contribution in [-0.4, -0.2) is 16.8 Å². The standard InChI is InChI=1S/C24H25N3O2S2/c1-15(17-9-11-19(12-10-17)27-23(28)18-7-8-18)25-24(29)21-5-3-4-6-22(21)31-14-20-13-30-16(2)26-20/h3-6,9-13,15,18H,7-8,14H2,1-2H3,(H,25,29)(H,27,28)/t15-/m1/s1. The number of aryl methyl sites for hydroxylation is 1. The summed E-state index contributed by atoms with van der Waals surface area (Å²) in [4.78, 5) is 30.3. The summed E-state index contributed by atoms with van der Waals surface area (Å²) in [5.41, 5.74) is 3.48. The second-order valence-corrected chi connectivity index (χ2v) is 9.80. The molecule has 7 heteroatoms. The molecule has 5 nitrogen and oxygen atoms in total. The summed E-state index contributed by atoms with van der Waals surface area (Å²) in [7, 11) is 0. The number of hydrogen-bond acceptors (Lipinski definition) is 5. The molecule has 31 heavy (non-hydrogen) atoms. The molecule has 1 heterocycles. The van der Waals surface area contributed by atoms with E-state index in [1.807, 2.05) is 62.4 Å². The van der Waals surface area contributed by atoms with Crippen LogP contribution in [0.4, 0.5) is 5.69 Å². The molecule has 2 aromatic carbocycles. The number of rotatable bonds is 8. The normalized spacial score (nSPS) is 14.1. The van der Waals surface area contributed by atoms with Crippen LogP contribution in [0.2, 0.25) is 0 Å². The Bertz CT molecular complexity index is 1070. The Morgan fingerprint density at radius 1 is 1.16 bits per heavy atom. The monoisotopic (exact) mass is 451 g/mol. The molecule has 1 aliphatic rings. The number of benzene rings is 2. The summed E-state index contributed by atoms with van der Waals surface area (Å²) in [6, 6.07) is 15.2. The van der Waals surface area contributed by atoms with Crippen molar-refractivity contribution in [3.63, 3.8) is 0 Å². The van der Waals surface area contributed by atoms with Gasteiger partial charge in [0.1, 0.15) is 0 Å². The smallest absolute Gasteiger partial charge is 0.252 e. The zero-order valence-electron chi connectivity index (χ0n) is 17.6. The first-order valence-corrected chi connectivity index (χ1v) is 12.2. The van der Waals surface area contributed by atoms with E-state index >= 15 is 0 Å². The SMILES string of the molecule is Cc1nc(CSc2ccccc2C(=O)N[C@H](C)c2ccc(NC(=O)C3CC3)cc2)cs1. The summed E-state index contributed by atoms with van der Waals surface area (Å²) in [5, 5.41) is 9.14. The number of nitrogens with zero attached hydrogens (tertiary/aromatic N) is 1. The van der Waals surface area contributed by atoms with Gasteiger partial charge in [-0.1, -0.05) is 24.3 Å². The van der Waals surface area contributed by atoms with Gasteiger partial charge in [-0.3, -0.25) is 9.59 Å². The predicted molar refractivity (Wildman–Crippen MR) is 127 cm³/mol. The van der Waals surface area contributed by atoms with Gasteiger partial charge in [0.25, 0.3) is 5.91 Å². The van der Waals surface area contributed by atoms with Crippen molar-refractivity contribution >= 4 is 40.6 Å². The van der Waals surface area contributed by atoms with E-state index < -0.39 is 0 Å². The molecule has 160 valence electrons. The molecule has 2 N–H and O–H groups in total. The Balaban J connectivity index is 1.37. The number of carbonyl (C=O) groups is 2. The van der Waals surface area contributed by atoms with Crippen molar-refractivity contribution in [1.29, 1.82) is 0 Å². The molecule has 0 unspecified atom stereocenters. The molecule has 3 aromatic rings. The van der Waals surface area contributed by atoms with E-state index in [2.05, 4.69) is 21.0 Å². The van der Waals surface area contributed by atoms with Crippen LogP contribution in [0.15, 0.2) is 58.8 Å². The van der Waals surface area contributed by atoms with E-state index in [1.165, 1.54) is 0 Å². The fourth-order valence-corrected chi connectivity index (χ4v) is 4.87. The maximum Gasteiger partial charge on any atom is 0.252 e. The molecule has 1 atom stereocenters. The lowest BCUT2D eigenvalue weighted by Gasteiger charge is -2.16. The van der Waals surface area contributed by atoms with E-state index in [0.717, 1.165) is 45.4 Å². The maximum atomic E-state index is 13.0. The van der Waals surface area contributed by atoms with Crippen LogP contribution in [-0.2, 0) is 10.5 Å². The maximum absolute atomic E-state index is 13.0. The number of thioether (sulfide) groups is 1. The third-order valence-electron chi connectivity index (χ3n) is 5.15. The number of thiazole rings is 1. The van der Waals surface area contributed by atoms with Crippen LogP contribution in [0, 0.1) is 12.8 Å². The Kier molecular flexibility index (Phi) is 6.73. The van der Waals surface area contributed by atoms with Gasteiger partial charge in [0, 0.05) is 27.6 Å². The zero-order chi connectivity index (χ0) is 21.8. The van der Waals surface area contributed by atoms with Crippen molar-refractivity contribution in [3.8, 4) is 0 Å². The van der Waals surface area contributed by atoms with E-state index in [4.69, 9.17) is 0 Å². The number of amides is 2. The van der Waals surface area contributed by atoms with Crippen molar-refractivity contribution < 1.29 is 9.59 Å². The first-order valence-electron chi connectivity index (χ1n) is 10.3. The Labute approximate surface area is 190 Å². The largest absolute Gasteiger partial charge is 0.345 e. The van der Waals surface area contributed by atoms with Gasteiger partial charge in [-0.2, -0.15) is 0 Å². The lowest BCUT2D eigenvalue weighted by molar-refractivity contribution is -0.117. The van der Waals surface area contributed by atoms with Crippen molar-refractivity contribution in [1.82, 2.24) is 10.3 Å². The van der Waals surface area contributed by atoms with Crippen molar-refractivity contribution in [2.45, 2.75) is 43.4 Å². The third kappa shape index (κ3) is 5.74. The zero-order valence-corrected chi connectivity index (χ0v) is 19.2. The molecule has 0 radical (unpaired) electrons. The molecule has 0 aliphatic heterocycles. The quantitative estimate of drug-likeness (QED) is 0.438. The van der Waals surface area contributed by atoms with Gasteiger partial charge in [0.05, 0.1) is 22.3 Å². The number of aromatic nitrogens is 1. The summed E-state index contributed by atoms with van der Waals surface area (Å²) in [6.07, 6.45) is 1.96. The highest BCUT2D eigenvalue weighted by molar-refractivity contribution is 7.98. The number of carbonyl (C=O) groups excluding carboxylic acids is 2.